The van der Waals surface area contributed by atoms with Crippen LogP contribution in [-0.4, -0.2) is 40.4 Å². The van der Waals surface area contributed by atoms with E-state index in [9.17, 15) is 14.7 Å². The number of carbonyl (C=O) groups is 2. The number of hydrogen-bond donors (Lipinski definition) is 1. The first-order valence-corrected chi connectivity index (χ1v) is 12.0. The minimum absolute atomic E-state index is 0.0262. The van der Waals surface area contributed by atoms with Crippen LogP contribution in [0.3, 0.4) is 0 Å². The Bertz CT molecular complexity index is 1020. The summed E-state index contributed by atoms with van der Waals surface area (Å²) in [5.41, 5.74) is 1.47. The maximum atomic E-state index is 13.0. The van der Waals surface area contributed by atoms with Crippen molar-refractivity contribution in [3.05, 3.63) is 63.1 Å². The molecule has 1 spiro atoms. The number of amides is 1. The summed E-state index contributed by atoms with van der Waals surface area (Å²) in [5, 5.41) is 10.3. The van der Waals surface area contributed by atoms with Crippen LogP contribution < -0.4 is 4.74 Å². The van der Waals surface area contributed by atoms with E-state index in [0.717, 1.165) is 15.6 Å². The lowest BCUT2D eigenvalue weighted by Crippen LogP contribution is -2.52. The monoisotopic (exact) mass is 501 g/mol. The van der Waals surface area contributed by atoms with Gasteiger partial charge in [-0.1, -0.05) is 35.8 Å². The molecule has 2 aliphatic rings. The Hall–Kier alpha value is -2.18. The van der Waals surface area contributed by atoms with Crippen LogP contribution in [0.1, 0.15) is 78.8 Å². The SMILES string of the molecule is CC.Cc1cc(C(=O)N2CCC3(CC2)CC(=O)c2cc(Br)ccc2O3)ccc1C(C)(C)O. The van der Waals surface area contributed by atoms with Crippen LogP contribution in [0, 0.1) is 6.92 Å². The maximum absolute atomic E-state index is 13.0. The van der Waals surface area contributed by atoms with Gasteiger partial charge in [0.25, 0.3) is 5.91 Å². The summed E-state index contributed by atoms with van der Waals surface area (Å²) >= 11 is 3.41. The third-order valence-corrected chi connectivity index (χ3v) is 6.64. The van der Waals surface area contributed by atoms with Crippen LogP contribution in [-0.2, 0) is 5.60 Å². The number of halogens is 1. The van der Waals surface area contributed by atoms with Crippen LogP contribution >= 0.6 is 15.9 Å². The molecule has 0 bridgehead atoms. The largest absolute Gasteiger partial charge is 0.486 e. The molecule has 1 N–H and O–H groups in total. The summed E-state index contributed by atoms with van der Waals surface area (Å²) < 4.78 is 7.15. The van der Waals surface area contributed by atoms with Crippen LogP contribution in [0.15, 0.2) is 40.9 Å². The topological polar surface area (TPSA) is 66.8 Å². The average molecular weight is 502 g/mol. The molecule has 1 fully saturated rings. The molecule has 0 unspecified atom stereocenters. The zero-order chi connectivity index (χ0) is 23.7. The Kier molecular flexibility index (Phi) is 7.15. The highest BCUT2D eigenvalue weighted by Gasteiger charge is 2.43. The predicted octanol–water partition coefficient (Wildman–Crippen LogP) is 5.65. The number of benzene rings is 2. The zero-order valence-electron chi connectivity index (χ0n) is 19.5. The van der Waals surface area contributed by atoms with E-state index in [1.54, 1.807) is 19.9 Å². The molecule has 2 aromatic rings. The molecule has 4 rings (SSSR count). The zero-order valence-corrected chi connectivity index (χ0v) is 21.1. The van der Waals surface area contributed by atoms with Crippen LogP contribution in [0.2, 0.25) is 0 Å². The second-order valence-electron chi connectivity index (χ2n) is 8.91. The molecular formula is C26H32BrNO4. The summed E-state index contributed by atoms with van der Waals surface area (Å²) in [4.78, 5) is 27.6. The number of aryl methyl sites for hydroxylation is 1. The Morgan fingerprint density at radius 2 is 1.78 bits per heavy atom. The lowest BCUT2D eigenvalue weighted by molar-refractivity contribution is -0.00574. The number of fused-ring (bicyclic) bond motifs is 1. The number of piperidine rings is 1. The third kappa shape index (κ3) is 4.91. The number of Topliss-reactive ketones (excluding diaryl/α,β-unsaturated/α-hetero) is 1. The lowest BCUT2D eigenvalue weighted by atomic mass is 9.82. The van der Waals surface area contributed by atoms with Gasteiger partial charge in [-0.15, -0.1) is 0 Å². The number of rotatable bonds is 2. The fraction of sp³-hybridized carbons (Fsp3) is 0.462. The molecule has 2 aromatic carbocycles. The van der Waals surface area contributed by atoms with E-state index in [1.807, 2.05) is 56.0 Å². The first-order chi connectivity index (χ1) is 15.1. The van der Waals surface area contributed by atoms with Crippen LogP contribution in [0.4, 0.5) is 0 Å². The number of ketones is 1. The third-order valence-electron chi connectivity index (χ3n) is 6.15. The fourth-order valence-corrected chi connectivity index (χ4v) is 4.89. The van der Waals surface area contributed by atoms with Crippen LogP contribution in [0.25, 0.3) is 0 Å². The molecule has 0 radical (unpaired) electrons. The maximum Gasteiger partial charge on any atom is 0.253 e. The van der Waals surface area contributed by atoms with Gasteiger partial charge < -0.3 is 14.7 Å². The van der Waals surface area contributed by atoms with E-state index >= 15 is 0 Å². The highest BCUT2D eigenvalue weighted by atomic mass is 79.9. The van der Waals surface area contributed by atoms with Gasteiger partial charge in [0, 0.05) is 36.0 Å². The minimum Gasteiger partial charge on any atom is -0.486 e. The van der Waals surface area contributed by atoms with Gasteiger partial charge in [-0.2, -0.15) is 0 Å². The van der Waals surface area contributed by atoms with Gasteiger partial charge in [0.2, 0.25) is 0 Å². The van der Waals surface area contributed by atoms with Crippen molar-refractivity contribution < 1.29 is 19.4 Å². The number of ether oxygens (including phenoxy) is 1. The number of aliphatic hydroxyl groups is 1. The first-order valence-electron chi connectivity index (χ1n) is 11.2. The molecule has 2 heterocycles. The van der Waals surface area contributed by atoms with E-state index in [0.29, 0.717) is 49.2 Å². The molecule has 5 nitrogen and oxygen atoms in total. The predicted molar refractivity (Wildman–Crippen MR) is 129 cm³/mol. The molecular weight excluding hydrogens is 470 g/mol. The molecule has 1 amide bonds. The molecule has 6 heteroatoms. The van der Waals surface area contributed by atoms with Crippen molar-refractivity contribution in [1.29, 1.82) is 0 Å². The van der Waals surface area contributed by atoms with Crippen molar-refractivity contribution in [3.63, 3.8) is 0 Å². The Balaban J connectivity index is 0.00000141. The number of likely N-dealkylation sites (tertiary alicyclic amines) is 1. The number of nitrogens with zero attached hydrogens (tertiary/aromatic N) is 1. The second kappa shape index (κ2) is 9.36. The first kappa shape index (κ1) is 24.5. The summed E-state index contributed by atoms with van der Waals surface area (Å²) in [7, 11) is 0. The summed E-state index contributed by atoms with van der Waals surface area (Å²) in [5.74, 6) is 0.698. The highest BCUT2D eigenvalue weighted by Crippen LogP contribution is 2.40. The molecule has 0 atom stereocenters. The lowest BCUT2D eigenvalue weighted by Gasteiger charge is -2.44. The standard InChI is InChI=1S/C24H26BrNO4.C2H6/c1-15-12-16(4-6-19(15)23(2,3)29)22(28)26-10-8-24(9-11-26)14-20(27)18-13-17(25)5-7-21(18)30-24;1-2/h4-7,12-13,29H,8-11,14H2,1-3H3;1-2H3. The van der Waals surface area contributed by atoms with Crippen molar-refractivity contribution in [2.24, 2.45) is 0 Å². The molecule has 0 saturated carbocycles. The van der Waals surface area contributed by atoms with Gasteiger partial charge in [0.05, 0.1) is 17.6 Å². The Morgan fingerprint density at radius 1 is 1.12 bits per heavy atom. The Morgan fingerprint density at radius 3 is 2.38 bits per heavy atom. The Labute approximate surface area is 198 Å². The van der Waals surface area contributed by atoms with Crippen molar-refractivity contribution in [1.82, 2.24) is 4.90 Å². The molecule has 1 saturated heterocycles. The van der Waals surface area contributed by atoms with Crippen molar-refractivity contribution in [3.8, 4) is 5.75 Å². The fourth-order valence-electron chi connectivity index (χ4n) is 4.53. The highest BCUT2D eigenvalue weighted by molar-refractivity contribution is 9.10. The van der Waals surface area contributed by atoms with Gasteiger partial charge in [-0.3, -0.25) is 9.59 Å². The van der Waals surface area contributed by atoms with E-state index in [-0.39, 0.29) is 11.7 Å². The molecule has 172 valence electrons. The van der Waals surface area contributed by atoms with Gasteiger partial charge >= 0.3 is 0 Å². The van der Waals surface area contributed by atoms with Gasteiger partial charge in [0.1, 0.15) is 11.4 Å². The number of hydrogen-bond acceptors (Lipinski definition) is 4. The molecule has 2 aliphatic heterocycles. The molecule has 0 aliphatic carbocycles. The smallest absolute Gasteiger partial charge is 0.253 e. The average Bonchev–Trinajstić information content (AvgIpc) is 2.75. The van der Waals surface area contributed by atoms with E-state index in [2.05, 4.69) is 15.9 Å². The minimum atomic E-state index is -0.945. The normalized spacial score (nSPS) is 17.2. The molecule has 0 aromatic heterocycles. The summed E-state index contributed by atoms with van der Waals surface area (Å²) in [6.45, 7) is 10.5. The van der Waals surface area contributed by atoms with E-state index in [4.69, 9.17) is 4.74 Å². The van der Waals surface area contributed by atoms with Gasteiger partial charge in [-0.05, 0) is 62.2 Å². The molecule has 32 heavy (non-hydrogen) atoms. The van der Waals surface area contributed by atoms with Crippen LogP contribution in [0.5, 0.6) is 5.75 Å². The quantitative estimate of drug-likeness (QED) is 0.576. The summed E-state index contributed by atoms with van der Waals surface area (Å²) in [6, 6.07) is 11.0. The summed E-state index contributed by atoms with van der Waals surface area (Å²) in [6.07, 6.45) is 1.60. The van der Waals surface area contributed by atoms with E-state index < -0.39 is 11.2 Å². The van der Waals surface area contributed by atoms with Crippen molar-refractivity contribution in [2.75, 3.05) is 13.1 Å². The van der Waals surface area contributed by atoms with E-state index in [1.165, 1.54) is 0 Å². The number of carbonyl (C=O) groups excluding carboxylic acids is 2. The van der Waals surface area contributed by atoms with Gasteiger partial charge in [0.15, 0.2) is 5.78 Å². The van der Waals surface area contributed by atoms with Crippen molar-refractivity contribution >= 4 is 27.6 Å². The van der Waals surface area contributed by atoms with Crippen molar-refractivity contribution in [2.45, 2.75) is 65.1 Å². The van der Waals surface area contributed by atoms with Gasteiger partial charge in [-0.25, -0.2) is 0 Å². The second-order valence-corrected chi connectivity index (χ2v) is 9.82.